The third-order valence-electron chi connectivity index (χ3n) is 3.13. The molecule has 0 heterocycles. The first-order chi connectivity index (χ1) is 9.89. The van der Waals surface area contributed by atoms with E-state index in [0.717, 1.165) is 15.6 Å². The van der Waals surface area contributed by atoms with Gasteiger partial charge in [-0.1, -0.05) is 64.5 Å². The lowest BCUT2D eigenvalue weighted by molar-refractivity contribution is 0.623. The molecule has 0 aliphatic carbocycles. The van der Waals surface area contributed by atoms with Crippen LogP contribution in [-0.4, -0.2) is 8.96 Å². The van der Waals surface area contributed by atoms with Crippen molar-refractivity contribution in [2.75, 3.05) is 0 Å². The van der Waals surface area contributed by atoms with Crippen molar-refractivity contribution in [2.24, 2.45) is 0 Å². The van der Waals surface area contributed by atoms with Gasteiger partial charge in [0.2, 0.25) is 0 Å². The van der Waals surface area contributed by atoms with E-state index in [-0.39, 0.29) is 10.8 Å². The van der Waals surface area contributed by atoms with Gasteiger partial charge in [0.25, 0.3) is 0 Å². The van der Waals surface area contributed by atoms with Gasteiger partial charge in [0.05, 0.1) is 21.8 Å². The lowest BCUT2D eigenvalue weighted by atomic mass is 10.00. The maximum Gasteiger partial charge on any atom is 0.0979 e. The van der Waals surface area contributed by atoms with Gasteiger partial charge in [0.1, 0.15) is 0 Å². The minimum absolute atomic E-state index is 0.109. The van der Waals surface area contributed by atoms with Gasteiger partial charge in [-0.15, -0.1) is 0 Å². The molecule has 112 valence electrons. The average molecular weight is 366 g/mol. The molecular weight excluding hydrogens is 346 g/mol. The molecule has 2 nitrogen and oxygen atoms in total. The van der Waals surface area contributed by atoms with Crippen LogP contribution in [0.1, 0.15) is 37.9 Å². The van der Waals surface area contributed by atoms with E-state index in [9.17, 15) is 4.21 Å². The predicted octanol–water partition coefficient (Wildman–Crippen LogP) is 4.59. The molecule has 1 N–H and O–H groups in total. The average Bonchev–Trinajstić information content (AvgIpc) is 2.45. The fraction of sp³-hybridized carbons (Fsp3) is 0.294. The highest BCUT2D eigenvalue weighted by atomic mass is 79.9. The maximum atomic E-state index is 12.5. The molecule has 0 aromatic heterocycles. The van der Waals surface area contributed by atoms with Crippen molar-refractivity contribution in [1.82, 2.24) is 4.72 Å². The third-order valence-corrected chi connectivity index (χ3v) is 5.41. The molecule has 2 aromatic carbocycles. The SMILES string of the molecule is CC(C)(C)[S@@](=O)N[C@H](c1ccccc1)c1ccccc1Br. The van der Waals surface area contributed by atoms with E-state index >= 15 is 0 Å². The summed E-state index contributed by atoms with van der Waals surface area (Å²) in [6.07, 6.45) is 0. The molecule has 0 amide bonds. The number of hydrogen-bond acceptors (Lipinski definition) is 1. The Morgan fingerprint density at radius 1 is 1.00 bits per heavy atom. The normalized spacial score (nSPS) is 14.7. The molecule has 0 unspecified atom stereocenters. The van der Waals surface area contributed by atoms with Crippen molar-refractivity contribution in [2.45, 2.75) is 31.6 Å². The van der Waals surface area contributed by atoms with Crippen LogP contribution < -0.4 is 4.72 Å². The minimum atomic E-state index is -1.15. The van der Waals surface area contributed by atoms with Crippen LogP contribution >= 0.6 is 15.9 Å². The molecule has 2 rings (SSSR count). The first-order valence-corrected chi connectivity index (χ1v) is 8.81. The largest absolute Gasteiger partial charge is 0.242 e. The van der Waals surface area contributed by atoms with Crippen molar-refractivity contribution in [1.29, 1.82) is 0 Å². The molecule has 2 atom stereocenters. The summed E-state index contributed by atoms with van der Waals surface area (Å²) in [7, 11) is -1.15. The van der Waals surface area contributed by atoms with Crippen molar-refractivity contribution < 1.29 is 4.21 Å². The fourth-order valence-electron chi connectivity index (χ4n) is 1.95. The van der Waals surface area contributed by atoms with E-state index in [1.165, 1.54) is 0 Å². The van der Waals surface area contributed by atoms with E-state index in [2.05, 4.69) is 38.9 Å². The Bertz CT molecular complexity index is 622. The lowest BCUT2D eigenvalue weighted by Crippen LogP contribution is -2.36. The first-order valence-electron chi connectivity index (χ1n) is 6.87. The molecule has 0 aliphatic heterocycles. The highest BCUT2D eigenvalue weighted by Gasteiger charge is 2.25. The second kappa shape index (κ2) is 6.86. The molecule has 0 saturated carbocycles. The van der Waals surface area contributed by atoms with Crippen LogP contribution in [0.3, 0.4) is 0 Å². The third kappa shape index (κ3) is 4.25. The zero-order valence-electron chi connectivity index (χ0n) is 12.5. The Labute approximate surface area is 137 Å². The quantitative estimate of drug-likeness (QED) is 0.843. The molecule has 0 fully saturated rings. The summed E-state index contributed by atoms with van der Waals surface area (Å²) in [6, 6.07) is 18.0. The van der Waals surface area contributed by atoms with E-state index in [1.54, 1.807) is 0 Å². The second-order valence-electron chi connectivity index (χ2n) is 5.86. The molecule has 0 saturated heterocycles. The highest BCUT2D eigenvalue weighted by Crippen LogP contribution is 2.29. The van der Waals surface area contributed by atoms with Crippen LogP contribution in [0.2, 0.25) is 0 Å². The van der Waals surface area contributed by atoms with Crippen molar-refractivity contribution in [3.05, 3.63) is 70.2 Å². The topological polar surface area (TPSA) is 29.1 Å². The summed E-state index contributed by atoms with van der Waals surface area (Å²) in [4.78, 5) is 0. The van der Waals surface area contributed by atoms with Crippen LogP contribution in [-0.2, 0) is 11.0 Å². The van der Waals surface area contributed by atoms with Crippen LogP contribution in [0.15, 0.2) is 59.1 Å². The summed E-state index contributed by atoms with van der Waals surface area (Å²) in [5.74, 6) is 0. The summed E-state index contributed by atoms with van der Waals surface area (Å²) < 4.78 is 16.5. The number of benzene rings is 2. The lowest BCUT2D eigenvalue weighted by Gasteiger charge is -2.25. The fourth-order valence-corrected chi connectivity index (χ4v) is 3.29. The van der Waals surface area contributed by atoms with Gasteiger partial charge in [-0.25, -0.2) is 8.93 Å². The Kier molecular flexibility index (Phi) is 5.36. The standard InChI is InChI=1S/C17H20BrNOS/c1-17(2,3)21(20)19-16(13-9-5-4-6-10-13)14-11-7-8-12-15(14)18/h4-12,16,19H,1-3H3/t16-,21-/m1/s1. The Balaban J connectivity index is 2.41. The number of nitrogens with one attached hydrogen (secondary N) is 1. The molecule has 0 spiro atoms. The molecule has 0 aliphatic rings. The van der Waals surface area contributed by atoms with Gasteiger partial charge in [-0.3, -0.25) is 0 Å². The first kappa shape index (κ1) is 16.4. The molecule has 4 heteroatoms. The number of halogens is 1. The molecule has 0 radical (unpaired) electrons. The van der Waals surface area contributed by atoms with Crippen molar-refractivity contribution in [3.8, 4) is 0 Å². The smallest absolute Gasteiger partial charge is 0.0979 e. The van der Waals surface area contributed by atoms with Crippen molar-refractivity contribution >= 4 is 26.9 Å². The Hall–Kier alpha value is -0.970. The van der Waals surface area contributed by atoms with E-state index < -0.39 is 11.0 Å². The molecule has 21 heavy (non-hydrogen) atoms. The minimum Gasteiger partial charge on any atom is -0.242 e. The van der Waals surface area contributed by atoms with E-state index in [1.807, 2.05) is 57.2 Å². The van der Waals surface area contributed by atoms with E-state index in [0.29, 0.717) is 0 Å². The number of rotatable bonds is 4. The van der Waals surface area contributed by atoms with Gasteiger partial charge in [0, 0.05) is 4.47 Å². The van der Waals surface area contributed by atoms with Gasteiger partial charge in [0.15, 0.2) is 0 Å². The summed E-state index contributed by atoms with van der Waals surface area (Å²) in [6.45, 7) is 5.91. The Morgan fingerprint density at radius 2 is 1.57 bits per heavy atom. The van der Waals surface area contributed by atoms with Gasteiger partial charge in [-0.2, -0.15) is 0 Å². The van der Waals surface area contributed by atoms with Gasteiger partial charge >= 0.3 is 0 Å². The van der Waals surface area contributed by atoms with Crippen LogP contribution in [0.4, 0.5) is 0 Å². The van der Waals surface area contributed by atoms with Gasteiger partial charge < -0.3 is 0 Å². The predicted molar refractivity (Wildman–Crippen MR) is 93.5 cm³/mol. The van der Waals surface area contributed by atoms with Crippen LogP contribution in [0.5, 0.6) is 0 Å². The van der Waals surface area contributed by atoms with E-state index in [4.69, 9.17) is 0 Å². The van der Waals surface area contributed by atoms with Crippen LogP contribution in [0.25, 0.3) is 0 Å². The molecule has 0 bridgehead atoms. The summed E-state index contributed by atoms with van der Waals surface area (Å²) in [5, 5.41) is 0. The summed E-state index contributed by atoms with van der Waals surface area (Å²) >= 11 is 3.60. The maximum absolute atomic E-state index is 12.5. The Morgan fingerprint density at radius 3 is 2.14 bits per heavy atom. The molecule has 2 aromatic rings. The number of hydrogen-bond donors (Lipinski definition) is 1. The summed E-state index contributed by atoms with van der Waals surface area (Å²) in [5.41, 5.74) is 2.18. The van der Waals surface area contributed by atoms with Gasteiger partial charge in [-0.05, 0) is 38.0 Å². The van der Waals surface area contributed by atoms with Crippen LogP contribution in [0, 0.1) is 0 Å². The molecular formula is C17H20BrNOS. The highest BCUT2D eigenvalue weighted by molar-refractivity contribution is 9.10. The van der Waals surface area contributed by atoms with Crippen molar-refractivity contribution in [3.63, 3.8) is 0 Å². The monoisotopic (exact) mass is 365 g/mol. The second-order valence-corrected chi connectivity index (χ2v) is 8.72. The zero-order valence-corrected chi connectivity index (χ0v) is 14.9. The zero-order chi connectivity index (χ0) is 15.5.